The summed E-state index contributed by atoms with van der Waals surface area (Å²) in [6.07, 6.45) is 3.75. The molecule has 1 atom stereocenters. The van der Waals surface area contributed by atoms with Crippen molar-refractivity contribution in [1.29, 1.82) is 0 Å². The van der Waals surface area contributed by atoms with Gasteiger partial charge in [-0.25, -0.2) is 4.79 Å². The Morgan fingerprint density at radius 1 is 0.970 bits per heavy atom. The third-order valence-corrected chi connectivity index (χ3v) is 6.72. The van der Waals surface area contributed by atoms with E-state index in [1.165, 1.54) is 18.4 Å². The van der Waals surface area contributed by atoms with Crippen LogP contribution >= 0.6 is 0 Å². The summed E-state index contributed by atoms with van der Waals surface area (Å²) in [7, 11) is 1.67. The average Bonchev–Trinajstić information content (AvgIpc) is 3.40. The number of nitrogens with zero attached hydrogens (tertiary/aromatic N) is 2. The lowest BCUT2D eigenvalue weighted by Crippen LogP contribution is -2.48. The molecule has 0 aliphatic carbocycles. The molecule has 2 aliphatic rings. The van der Waals surface area contributed by atoms with Crippen LogP contribution in [0.25, 0.3) is 0 Å². The minimum Gasteiger partial charge on any atom is -0.497 e. The summed E-state index contributed by atoms with van der Waals surface area (Å²) in [5.74, 6) is 0.808. The number of nitrogens with one attached hydrogen (secondary N) is 2. The Morgan fingerprint density at radius 3 is 2.27 bits per heavy atom. The first-order valence-corrected chi connectivity index (χ1v) is 11.9. The predicted octanol–water partition coefficient (Wildman–Crippen LogP) is 3.89. The fourth-order valence-electron chi connectivity index (χ4n) is 4.74. The Labute approximate surface area is 196 Å². The second-order valence-electron chi connectivity index (χ2n) is 8.83. The minimum atomic E-state index is -0.0640. The summed E-state index contributed by atoms with van der Waals surface area (Å²) in [4.78, 5) is 29.7. The standard InChI is InChI=1S/C26H34N4O3/c1-33-23-11-9-20(10-12-23)24(29-15-5-6-16-29)19-27-26(32)30-17-13-21(14-18-30)25(31)28-22-7-3-2-4-8-22/h2-4,7-12,21,24H,5-6,13-19H2,1H3,(H,27,32)(H,28,31)/t24-/m0/s1. The van der Waals surface area contributed by atoms with E-state index in [4.69, 9.17) is 4.74 Å². The summed E-state index contributed by atoms with van der Waals surface area (Å²) < 4.78 is 5.29. The molecule has 0 radical (unpaired) electrons. The van der Waals surface area contributed by atoms with Crippen LogP contribution in [0, 0.1) is 5.92 Å². The molecule has 4 rings (SSSR count). The van der Waals surface area contributed by atoms with E-state index in [2.05, 4.69) is 27.7 Å². The average molecular weight is 451 g/mol. The van der Waals surface area contributed by atoms with Gasteiger partial charge in [-0.05, 0) is 68.6 Å². The second kappa shape index (κ2) is 11.2. The van der Waals surface area contributed by atoms with Gasteiger partial charge < -0.3 is 20.3 Å². The Hall–Kier alpha value is -3.06. The predicted molar refractivity (Wildman–Crippen MR) is 129 cm³/mol. The smallest absolute Gasteiger partial charge is 0.317 e. The number of methoxy groups -OCH3 is 1. The van der Waals surface area contributed by atoms with Gasteiger partial charge in [0.25, 0.3) is 0 Å². The molecule has 2 N–H and O–H groups in total. The highest BCUT2D eigenvalue weighted by atomic mass is 16.5. The Kier molecular flexibility index (Phi) is 7.83. The van der Waals surface area contributed by atoms with E-state index < -0.39 is 0 Å². The molecule has 2 heterocycles. The summed E-state index contributed by atoms with van der Waals surface area (Å²) >= 11 is 0. The highest BCUT2D eigenvalue weighted by molar-refractivity contribution is 5.92. The first kappa shape index (κ1) is 23.1. The topological polar surface area (TPSA) is 73.9 Å². The number of urea groups is 1. The molecule has 0 bridgehead atoms. The lowest BCUT2D eigenvalue weighted by atomic mass is 9.96. The number of amides is 3. The van der Waals surface area contributed by atoms with Gasteiger partial charge in [0.05, 0.1) is 13.2 Å². The zero-order valence-corrected chi connectivity index (χ0v) is 19.3. The highest BCUT2D eigenvalue weighted by Gasteiger charge is 2.29. The van der Waals surface area contributed by atoms with Crippen molar-refractivity contribution < 1.29 is 14.3 Å². The van der Waals surface area contributed by atoms with Crippen LogP contribution < -0.4 is 15.4 Å². The molecule has 0 spiro atoms. The van der Waals surface area contributed by atoms with Crippen molar-refractivity contribution in [3.8, 4) is 5.75 Å². The maximum atomic E-state index is 12.9. The molecule has 7 nitrogen and oxygen atoms in total. The quantitative estimate of drug-likeness (QED) is 0.671. The summed E-state index contributed by atoms with van der Waals surface area (Å²) in [5.41, 5.74) is 2.00. The minimum absolute atomic E-state index is 0.0369. The van der Waals surface area contributed by atoms with Crippen LogP contribution in [0.5, 0.6) is 5.75 Å². The van der Waals surface area contributed by atoms with Crippen LogP contribution in [0.3, 0.4) is 0 Å². The summed E-state index contributed by atoms with van der Waals surface area (Å²) in [6, 6.07) is 17.8. The number of likely N-dealkylation sites (tertiary alicyclic amines) is 2. The number of ether oxygens (including phenoxy) is 1. The largest absolute Gasteiger partial charge is 0.497 e. The van der Waals surface area contributed by atoms with Crippen molar-refractivity contribution in [2.75, 3.05) is 45.2 Å². The number of anilines is 1. The van der Waals surface area contributed by atoms with E-state index in [1.54, 1.807) is 7.11 Å². The van der Waals surface area contributed by atoms with E-state index in [-0.39, 0.29) is 23.9 Å². The molecule has 3 amide bonds. The third kappa shape index (κ3) is 6.05. The molecule has 2 aromatic rings. The van der Waals surface area contributed by atoms with E-state index in [0.717, 1.165) is 24.5 Å². The number of carbonyl (C=O) groups excluding carboxylic acids is 2. The number of hydrogen-bond donors (Lipinski definition) is 2. The number of benzene rings is 2. The second-order valence-corrected chi connectivity index (χ2v) is 8.83. The van der Waals surface area contributed by atoms with Gasteiger partial charge in [0.1, 0.15) is 5.75 Å². The van der Waals surface area contributed by atoms with Crippen molar-refractivity contribution in [1.82, 2.24) is 15.1 Å². The van der Waals surface area contributed by atoms with Crippen LogP contribution in [-0.4, -0.2) is 61.6 Å². The zero-order chi connectivity index (χ0) is 23.0. The van der Waals surface area contributed by atoms with Crippen LogP contribution in [-0.2, 0) is 4.79 Å². The van der Waals surface area contributed by atoms with Gasteiger partial charge in [-0.3, -0.25) is 9.69 Å². The zero-order valence-electron chi connectivity index (χ0n) is 19.3. The van der Waals surface area contributed by atoms with Gasteiger partial charge in [0.15, 0.2) is 0 Å². The number of piperidine rings is 1. The maximum Gasteiger partial charge on any atom is 0.317 e. The molecule has 2 fully saturated rings. The normalized spacial score (nSPS) is 18.0. The van der Waals surface area contributed by atoms with Gasteiger partial charge >= 0.3 is 6.03 Å². The summed E-state index contributed by atoms with van der Waals surface area (Å²) in [5, 5.41) is 6.13. The van der Waals surface area contributed by atoms with Crippen LogP contribution in [0.1, 0.15) is 37.3 Å². The van der Waals surface area contributed by atoms with Crippen molar-refractivity contribution in [2.24, 2.45) is 5.92 Å². The molecule has 0 saturated carbocycles. The molecule has 176 valence electrons. The number of hydrogen-bond acceptors (Lipinski definition) is 4. The van der Waals surface area contributed by atoms with E-state index >= 15 is 0 Å². The third-order valence-electron chi connectivity index (χ3n) is 6.72. The summed E-state index contributed by atoms with van der Waals surface area (Å²) in [6.45, 7) is 3.85. The Balaban J connectivity index is 1.28. The van der Waals surface area contributed by atoms with E-state index in [0.29, 0.717) is 32.5 Å². The lowest BCUT2D eigenvalue weighted by Gasteiger charge is -2.33. The van der Waals surface area contributed by atoms with Gasteiger partial charge in [0, 0.05) is 31.2 Å². The van der Waals surface area contributed by atoms with Crippen molar-refractivity contribution in [2.45, 2.75) is 31.7 Å². The van der Waals surface area contributed by atoms with Crippen LogP contribution in [0.15, 0.2) is 54.6 Å². The van der Waals surface area contributed by atoms with Crippen LogP contribution in [0.2, 0.25) is 0 Å². The van der Waals surface area contributed by atoms with Crippen molar-refractivity contribution in [3.05, 3.63) is 60.2 Å². The molecule has 7 heteroatoms. The van der Waals surface area contributed by atoms with Gasteiger partial charge in [0.2, 0.25) is 5.91 Å². The molecule has 0 aromatic heterocycles. The SMILES string of the molecule is COc1ccc([C@H](CNC(=O)N2CCC(C(=O)Nc3ccccc3)CC2)N2CCCC2)cc1. The number of carbonyl (C=O) groups is 2. The first-order valence-electron chi connectivity index (χ1n) is 11.9. The fraction of sp³-hybridized carbons (Fsp3) is 0.462. The van der Waals surface area contributed by atoms with Gasteiger partial charge in [-0.1, -0.05) is 30.3 Å². The highest BCUT2D eigenvalue weighted by Crippen LogP contribution is 2.26. The molecule has 2 aromatic carbocycles. The fourth-order valence-corrected chi connectivity index (χ4v) is 4.74. The Morgan fingerprint density at radius 2 is 1.64 bits per heavy atom. The number of para-hydroxylation sites is 1. The monoisotopic (exact) mass is 450 g/mol. The molecule has 33 heavy (non-hydrogen) atoms. The number of rotatable bonds is 7. The maximum absolute atomic E-state index is 12.9. The molecular formula is C26H34N4O3. The van der Waals surface area contributed by atoms with E-state index in [9.17, 15) is 9.59 Å². The van der Waals surface area contributed by atoms with Gasteiger partial charge in [-0.2, -0.15) is 0 Å². The molecule has 0 unspecified atom stereocenters. The first-order chi connectivity index (χ1) is 16.1. The Bertz CT molecular complexity index is 905. The molecule has 2 aliphatic heterocycles. The van der Waals surface area contributed by atoms with Crippen molar-refractivity contribution >= 4 is 17.6 Å². The molecule has 2 saturated heterocycles. The van der Waals surface area contributed by atoms with Crippen LogP contribution in [0.4, 0.5) is 10.5 Å². The molecular weight excluding hydrogens is 416 g/mol. The lowest BCUT2D eigenvalue weighted by molar-refractivity contribution is -0.121. The van der Waals surface area contributed by atoms with Crippen molar-refractivity contribution in [3.63, 3.8) is 0 Å². The van der Waals surface area contributed by atoms with E-state index in [1.807, 2.05) is 47.4 Å². The van der Waals surface area contributed by atoms with Gasteiger partial charge in [-0.15, -0.1) is 0 Å².